The molecule has 1 fully saturated rings. The number of nitrogens with zero attached hydrogens (tertiary/aromatic N) is 1. The molecular weight excluding hydrogens is 154 g/mol. The summed E-state index contributed by atoms with van der Waals surface area (Å²) in [5, 5.41) is 9.15. The van der Waals surface area contributed by atoms with Crippen LogP contribution in [0.1, 0.15) is 25.3 Å². The highest BCUT2D eigenvalue weighted by Crippen LogP contribution is 2.30. The van der Waals surface area contributed by atoms with E-state index in [1.165, 1.54) is 24.8 Å². The summed E-state index contributed by atoms with van der Waals surface area (Å²) in [7, 11) is 0. The van der Waals surface area contributed by atoms with E-state index in [0.717, 1.165) is 12.8 Å². The summed E-state index contributed by atoms with van der Waals surface area (Å²) in [6, 6.07) is 3.16. The first-order valence-corrected chi connectivity index (χ1v) is 4.18. The third-order valence-corrected chi connectivity index (χ3v) is 2.39. The predicted molar refractivity (Wildman–Crippen MR) is 45.3 cm³/mol. The maximum Gasteiger partial charge on any atom is 0.251 e. The Morgan fingerprint density at radius 3 is 2.75 bits per heavy atom. The van der Waals surface area contributed by atoms with E-state index in [1.807, 2.05) is 0 Å². The SMILES string of the molecule is O=c1ccc(O)cn1C1CCC1. The topological polar surface area (TPSA) is 42.2 Å². The molecule has 0 spiro atoms. The van der Waals surface area contributed by atoms with Crippen molar-refractivity contribution in [2.45, 2.75) is 25.3 Å². The van der Waals surface area contributed by atoms with Crippen molar-refractivity contribution in [3.05, 3.63) is 28.7 Å². The van der Waals surface area contributed by atoms with Crippen LogP contribution in [0.4, 0.5) is 0 Å². The second-order valence-corrected chi connectivity index (χ2v) is 3.22. The van der Waals surface area contributed by atoms with Crippen LogP contribution in [0, 0.1) is 0 Å². The molecule has 0 bridgehead atoms. The van der Waals surface area contributed by atoms with Crippen LogP contribution < -0.4 is 5.56 Å². The maximum atomic E-state index is 11.3. The molecule has 2 rings (SSSR count). The fourth-order valence-electron chi connectivity index (χ4n) is 1.44. The second-order valence-electron chi connectivity index (χ2n) is 3.22. The zero-order valence-electron chi connectivity index (χ0n) is 6.73. The summed E-state index contributed by atoms with van der Waals surface area (Å²) in [5.41, 5.74) is -0.0162. The predicted octanol–water partition coefficient (Wildman–Crippen LogP) is 1.28. The molecule has 1 aromatic rings. The van der Waals surface area contributed by atoms with Crippen molar-refractivity contribution in [1.82, 2.24) is 4.57 Å². The van der Waals surface area contributed by atoms with E-state index in [1.54, 1.807) is 4.57 Å². The lowest BCUT2D eigenvalue weighted by atomic mass is 9.93. The molecule has 1 aliphatic carbocycles. The molecular formula is C9H11NO2. The van der Waals surface area contributed by atoms with Crippen molar-refractivity contribution in [3.8, 4) is 5.75 Å². The number of pyridine rings is 1. The van der Waals surface area contributed by atoms with Gasteiger partial charge in [-0.3, -0.25) is 4.79 Å². The zero-order valence-corrected chi connectivity index (χ0v) is 6.73. The van der Waals surface area contributed by atoms with Gasteiger partial charge in [0.1, 0.15) is 5.75 Å². The fraction of sp³-hybridized carbons (Fsp3) is 0.444. The van der Waals surface area contributed by atoms with E-state index >= 15 is 0 Å². The van der Waals surface area contributed by atoms with E-state index in [2.05, 4.69) is 0 Å². The first-order valence-electron chi connectivity index (χ1n) is 4.18. The van der Waals surface area contributed by atoms with Crippen LogP contribution in [0.3, 0.4) is 0 Å². The van der Waals surface area contributed by atoms with Gasteiger partial charge in [-0.25, -0.2) is 0 Å². The van der Waals surface area contributed by atoms with Crippen LogP contribution in [0.15, 0.2) is 23.1 Å². The van der Waals surface area contributed by atoms with Gasteiger partial charge in [0.15, 0.2) is 0 Å². The molecule has 0 radical (unpaired) electrons. The molecule has 0 aliphatic heterocycles. The molecule has 3 heteroatoms. The van der Waals surface area contributed by atoms with Crippen molar-refractivity contribution in [1.29, 1.82) is 0 Å². The van der Waals surface area contributed by atoms with Gasteiger partial charge in [-0.1, -0.05) is 0 Å². The lowest BCUT2D eigenvalue weighted by Gasteiger charge is -2.27. The Balaban J connectivity index is 2.40. The van der Waals surface area contributed by atoms with E-state index in [9.17, 15) is 4.79 Å². The fourth-order valence-corrected chi connectivity index (χ4v) is 1.44. The third-order valence-electron chi connectivity index (χ3n) is 2.39. The summed E-state index contributed by atoms with van der Waals surface area (Å²) in [4.78, 5) is 11.3. The zero-order chi connectivity index (χ0) is 8.55. The molecule has 1 heterocycles. The van der Waals surface area contributed by atoms with Crippen molar-refractivity contribution in [2.24, 2.45) is 0 Å². The van der Waals surface area contributed by atoms with Crippen molar-refractivity contribution >= 4 is 0 Å². The molecule has 0 amide bonds. The van der Waals surface area contributed by atoms with E-state index in [4.69, 9.17) is 5.11 Å². The highest BCUT2D eigenvalue weighted by atomic mass is 16.3. The molecule has 12 heavy (non-hydrogen) atoms. The van der Waals surface area contributed by atoms with Crippen LogP contribution in [-0.4, -0.2) is 9.67 Å². The minimum absolute atomic E-state index is 0.0162. The van der Waals surface area contributed by atoms with Crippen LogP contribution in [-0.2, 0) is 0 Å². The lowest BCUT2D eigenvalue weighted by molar-refractivity contribution is 0.302. The Hall–Kier alpha value is -1.25. The van der Waals surface area contributed by atoms with Crippen molar-refractivity contribution < 1.29 is 5.11 Å². The number of hydrogen-bond donors (Lipinski definition) is 1. The Bertz CT molecular complexity index is 339. The highest BCUT2D eigenvalue weighted by Gasteiger charge is 2.19. The van der Waals surface area contributed by atoms with Gasteiger partial charge in [0, 0.05) is 18.3 Å². The van der Waals surface area contributed by atoms with Gasteiger partial charge in [-0.15, -0.1) is 0 Å². The van der Waals surface area contributed by atoms with Gasteiger partial charge in [0.2, 0.25) is 0 Å². The van der Waals surface area contributed by atoms with E-state index in [-0.39, 0.29) is 11.3 Å². The van der Waals surface area contributed by atoms with Crippen LogP contribution >= 0.6 is 0 Å². The van der Waals surface area contributed by atoms with Gasteiger partial charge in [-0.05, 0) is 25.3 Å². The monoisotopic (exact) mass is 165 g/mol. The van der Waals surface area contributed by atoms with Gasteiger partial charge in [-0.2, -0.15) is 0 Å². The molecule has 1 saturated carbocycles. The average molecular weight is 165 g/mol. The Morgan fingerprint density at radius 1 is 1.42 bits per heavy atom. The molecule has 0 aromatic carbocycles. The molecule has 0 unspecified atom stereocenters. The lowest BCUT2D eigenvalue weighted by Crippen LogP contribution is -2.27. The third kappa shape index (κ3) is 1.11. The van der Waals surface area contributed by atoms with E-state index in [0.29, 0.717) is 6.04 Å². The smallest absolute Gasteiger partial charge is 0.251 e. The van der Waals surface area contributed by atoms with Gasteiger partial charge >= 0.3 is 0 Å². The normalized spacial score (nSPS) is 17.3. The average Bonchev–Trinajstić information content (AvgIpc) is 1.93. The second kappa shape index (κ2) is 2.66. The van der Waals surface area contributed by atoms with Crippen LogP contribution in [0.25, 0.3) is 0 Å². The molecule has 1 aromatic heterocycles. The standard InChI is InChI=1S/C9H11NO2/c11-8-4-5-9(12)10(6-8)7-2-1-3-7/h4-7,11H,1-3H2. The summed E-state index contributed by atoms with van der Waals surface area (Å²) >= 11 is 0. The maximum absolute atomic E-state index is 11.3. The van der Waals surface area contributed by atoms with E-state index < -0.39 is 0 Å². The Kier molecular flexibility index (Phi) is 1.64. The first-order chi connectivity index (χ1) is 5.77. The number of hydrogen-bond acceptors (Lipinski definition) is 2. The van der Waals surface area contributed by atoms with Crippen molar-refractivity contribution in [2.75, 3.05) is 0 Å². The molecule has 3 nitrogen and oxygen atoms in total. The number of aromatic nitrogens is 1. The minimum Gasteiger partial charge on any atom is -0.506 e. The summed E-state index contributed by atoms with van der Waals surface area (Å²) in [6.07, 6.45) is 4.83. The minimum atomic E-state index is -0.0162. The van der Waals surface area contributed by atoms with Crippen LogP contribution in [0.5, 0.6) is 5.75 Å². The quantitative estimate of drug-likeness (QED) is 0.681. The first kappa shape index (κ1) is 7.40. The van der Waals surface area contributed by atoms with Crippen LogP contribution in [0.2, 0.25) is 0 Å². The molecule has 0 saturated heterocycles. The summed E-state index contributed by atoms with van der Waals surface area (Å²) in [5.74, 6) is 0.168. The van der Waals surface area contributed by atoms with Crippen molar-refractivity contribution in [3.63, 3.8) is 0 Å². The molecule has 64 valence electrons. The molecule has 1 N–H and O–H groups in total. The van der Waals surface area contributed by atoms with Gasteiger partial charge in [0.25, 0.3) is 5.56 Å². The summed E-state index contributed by atoms with van der Waals surface area (Å²) < 4.78 is 1.62. The Labute approximate surface area is 70.3 Å². The number of aromatic hydroxyl groups is 1. The largest absolute Gasteiger partial charge is 0.506 e. The number of rotatable bonds is 1. The van der Waals surface area contributed by atoms with Gasteiger partial charge in [0.05, 0.1) is 0 Å². The Morgan fingerprint density at radius 2 is 2.17 bits per heavy atom. The highest BCUT2D eigenvalue weighted by molar-refractivity contribution is 5.15. The van der Waals surface area contributed by atoms with Gasteiger partial charge < -0.3 is 9.67 Å². The molecule has 1 aliphatic rings. The molecule has 0 atom stereocenters. The summed E-state index contributed by atoms with van der Waals surface area (Å²) in [6.45, 7) is 0.